The number of ether oxygens (including phenoxy) is 3. The third kappa shape index (κ3) is 10.9. The summed E-state index contributed by atoms with van der Waals surface area (Å²) in [6.07, 6.45) is 10.5. The van der Waals surface area contributed by atoms with Crippen LogP contribution in [0.3, 0.4) is 0 Å². The number of nitrogen functional groups attached to an aromatic ring is 1. The first-order valence-electron chi connectivity index (χ1n) is 17.7. The highest BCUT2D eigenvalue weighted by Crippen LogP contribution is 2.43. The van der Waals surface area contributed by atoms with E-state index in [4.69, 9.17) is 19.9 Å². The molecule has 4 rings (SSSR count). The summed E-state index contributed by atoms with van der Waals surface area (Å²) in [5, 5.41) is 6.06. The lowest BCUT2D eigenvalue weighted by Gasteiger charge is -2.37. The van der Waals surface area contributed by atoms with Crippen LogP contribution in [0.25, 0.3) is 11.2 Å². The number of hydrogen-bond acceptors (Lipinski definition) is 10. The standard InChI is InChI=1S/C35H60N7O6P/c1-24(18-42-22-39-27-28(36)37-21-38-29(27)42)48-23-49(45,40-34(6,7)30(43)46-19-25-10-14-32(2,3)15-11-25)41-35(8,9)31(44)47-20-26-12-16-33(4,5)17-13-26/h21-22,24-26H,10-20,23H2,1-9H3,(H2,36,37,38)(H2,40,41,45)/t24-/m1/s1. The smallest absolute Gasteiger partial charge is 0.326 e. The number of carbonyl (C=O) groups excluding carboxylic acids is 2. The van der Waals surface area contributed by atoms with Crippen molar-refractivity contribution in [1.29, 1.82) is 0 Å². The van der Waals surface area contributed by atoms with E-state index in [1.807, 2.05) is 6.92 Å². The summed E-state index contributed by atoms with van der Waals surface area (Å²) in [6, 6.07) is 0. The first kappa shape index (κ1) is 39.2. The highest BCUT2D eigenvalue weighted by atomic mass is 31.2. The molecule has 2 aliphatic carbocycles. The van der Waals surface area contributed by atoms with Gasteiger partial charge in [0.2, 0.25) is 7.44 Å². The SMILES string of the molecule is C[C@H](Cn1cnc2c(N)ncnc21)OCP(=O)(NC(C)(C)C(=O)OCC1CCC(C)(C)CC1)NC(C)(C)C(=O)OCC1CCC(C)(C)CC1. The van der Waals surface area contributed by atoms with Crippen molar-refractivity contribution >= 4 is 36.4 Å². The molecular weight excluding hydrogens is 645 g/mol. The maximum atomic E-state index is 14.8. The zero-order valence-electron chi connectivity index (χ0n) is 31.1. The second-order valence-electron chi connectivity index (χ2n) is 17.1. The first-order chi connectivity index (χ1) is 22.7. The van der Waals surface area contributed by atoms with Gasteiger partial charge in [0.15, 0.2) is 11.5 Å². The minimum Gasteiger partial charge on any atom is -0.464 e. The predicted octanol–water partition coefficient (Wildman–Crippen LogP) is 6.22. The molecule has 0 amide bonds. The predicted molar refractivity (Wildman–Crippen MR) is 191 cm³/mol. The average molecular weight is 706 g/mol. The maximum Gasteiger partial charge on any atom is 0.326 e. The van der Waals surface area contributed by atoms with E-state index < -0.39 is 36.6 Å². The summed E-state index contributed by atoms with van der Waals surface area (Å²) in [7, 11) is -3.81. The second-order valence-corrected chi connectivity index (χ2v) is 19.2. The van der Waals surface area contributed by atoms with Gasteiger partial charge in [0.05, 0.1) is 32.2 Å². The Morgan fingerprint density at radius 2 is 1.37 bits per heavy atom. The summed E-state index contributed by atoms with van der Waals surface area (Å²) in [4.78, 5) is 39.5. The van der Waals surface area contributed by atoms with E-state index in [-0.39, 0.29) is 12.2 Å². The van der Waals surface area contributed by atoms with Gasteiger partial charge in [-0.25, -0.2) is 25.1 Å². The van der Waals surface area contributed by atoms with Gasteiger partial charge in [-0.2, -0.15) is 0 Å². The van der Waals surface area contributed by atoms with E-state index in [0.29, 0.717) is 53.6 Å². The van der Waals surface area contributed by atoms with Gasteiger partial charge in [0.25, 0.3) is 0 Å². The minimum absolute atomic E-state index is 0.276. The number of esters is 2. The topological polar surface area (TPSA) is 173 Å². The highest BCUT2D eigenvalue weighted by molar-refractivity contribution is 7.59. The van der Waals surface area contributed by atoms with Crippen molar-refractivity contribution in [2.24, 2.45) is 22.7 Å². The van der Waals surface area contributed by atoms with Crippen molar-refractivity contribution in [3.8, 4) is 0 Å². The molecular formula is C35H60N7O6P. The van der Waals surface area contributed by atoms with Crippen molar-refractivity contribution in [2.45, 2.75) is 137 Å². The summed E-state index contributed by atoms with van der Waals surface area (Å²) in [6.45, 7) is 18.4. The molecule has 4 N–H and O–H groups in total. The zero-order chi connectivity index (χ0) is 36.3. The van der Waals surface area contributed by atoms with E-state index in [2.05, 4.69) is 52.8 Å². The van der Waals surface area contributed by atoms with Crippen LogP contribution in [0.15, 0.2) is 12.7 Å². The number of anilines is 1. The number of carbonyl (C=O) groups is 2. The number of aromatic nitrogens is 4. The number of hydrogen-bond donors (Lipinski definition) is 3. The number of nitrogens with one attached hydrogen (secondary N) is 2. The van der Waals surface area contributed by atoms with Gasteiger partial charge in [-0.05, 0) is 109 Å². The Bertz CT molecular complexity index is 1420. The van der Waals surface area contributed by atoms with Crippen LogP contribution in [0.4, 0.5) is 5.82 Å². The maximum absolute atomic E-state index is 14.8. The van der Waals surface area contributed by atoms with Gasteiger partial charge in [-0.15, -0.1) is 0 Å². The molecule has 0 saturated heterocycles. The van der Waals surface area contributed by atoms with Crippen LogP contribution in [0.1, 0.15) is 114 Å². The number of rotatable bonds is 15. The summed E-state index contributed by atoms with van der Waals surface area (Å²) < 4.78 is 34.3. The van der Waals surface area contributed by atoms with Crippen LogP contribution in [0, 0.1) is 22.7 Å². The Morgan fingerprint density at radius 3 is 1.84 bits per heavy atom. The Hall–Kier alpha value is -2.60. The number of nitrogens with two attached hydrogens (primary N) is 1. The lowest BCUT2D eigenvalue weighted by atomic mass is 9.73. The molecule has 2 saturated carbocycles. The normalized spacial score (nSPS) is 19.9. The Balaban J connectivity index is 1.43. The first-order valence-corrected chi connectivity index (χ1v) is 19.6. The molecule has 2 aromatic rings. The second kappa shape index (κ2) is 15.3. The number of imidazole rings is 1. The van der Waals surface area contributed by atoms with Crippen molar-refractivity contribution in [3.05, 3.63) is 12.7 Å². The van der Waals surface area contributed by atoms with Crippen LogP contribution in [0.2, 0.25) is 0 Å². The van der Waals surface area contributed by atoms with E-state index in [1.54, 1.807) is 38.6 Å². The van der Waals surface area contributed by atoms with E-state index >= 15 is 0 Å². The molecule has 0 aromatic carbocycles. The average Bonchev–Trinajstić information content (AvgIpc) is 3.41. The molecule has 13 nitrogen and oxygen atoms in total. The molecule has 2 aromatic heterocycles. The molecule has 2 fully saturated rings. The number of nitrogens with zero attached hydrogens (tertiary/aromatic N) is 4. The van der Waals surface area contributed by atoms with Gasteiger partial charge < -0.3 is 24.5 Å². The molecule has 49 heavy (non-hydrogen) atoms. The lowest BCUT2D eigenvalue weighted by molar-refractivity contribution is -0.151. The van der Waals surface area contributed by atoms with Crippen molar-refractivity contribution in [2.75, 3.05) is 25.3 Å². The van der Waals surface area contributed by atoms with Gasteiger partial charge in [0.1, 0.15) is 29.3 Å². The fourth-order valence-electron chi connectivity index (χ4n) is 6.68. The highest BCUT2D eigenvalue weighted by Gasteiger charge is 2.44. The third-order valence-electron chi connectivity index (χ3n) is 10.2. The molecule has 0 radical (unpaired) electrons. The fraction of sp³-hybridized carbons (Fsp3) is 0.800. The number of fused-ring (bicyclic) bond motifs is 1. The molecule has 0 unspecified atom stereocenters. The summed E-state index contributed by atoms with van der Waals surface area (Å²) in [5.41, 5.74) is 4.89. The molecule has 2 heterocycles. The molecule has 2 aliphatic rings. The Morgan fingerprint density at radius 1 is 0.898 bits per heavy atom. The molecule has 0 spiro atoms. The summed E-state index contributed by atoms with van der Waals surface area (Å²) in [5.74, 6) is -0.167. The van der Waals surface area contributed by atoms with Crippen molar-refractivity contribution in [3.63, 3.8) is 0 Å². The summed E-state index contributed by atoms with van der Waals surface area (Å²) >= 11 is 0. The van der Waals surface area contributed by atoms with Crippen LogP contribution < -0.4 is 15.9 Å². The minimum atomic E-state index is -3.81. The van der Waals surface area contributed by atoms with Crippen LogP contribution in [-0.4, -0.2) is 68.2 Å². The van der Waals surface area contributed by atoms with Crippen LogP contribution in [0.5, 0.6) is 0 Å². The zero-order valence-corrected chi connectivity index (χ0v) is 32.0. The Labute approximate surface area is 292 Å². The van der Waals surface area contributed by atoms with Gasteiger partial charge in [-0.1, -0.05) is 27.7 Å². The van der Waals surface area contributed by atoms with Gasteiger partial charge in [-0.3, -0.25) is 14.2 Å². The van der Waals surface area contributed by atoms with Crippen LogP contribution in [-0.2, 0) is 34.9 Å². The monoisotopic (exact) mass is 705 g/mol. The Kier molecular flexibility index (Phi) is 12.3. The molecule has 276 valence electrons. The quantitative estimate of drug-likeness (QED) is 0.141. The third-order valence-corrected chi connectivity index (χ3v) is 12.5. The van der Waals surface area contributed by atoms with Crippen LogP contribution >= 0.6 is 7.44 Å². The van der Waals surface area contributed by atoms with Crippen molar-refractivity contribution in [1.82, 2.24) is 29.7 Å². The molecule has 0 bridgehead atoms. The van der Waals surface area contributed by atoms with Gasteiger partial charge in [0, 0.05) is 0 Å². The van der Waals surface area contributed by atoms with E-state index in [9.17, 15) is 14.2 Å². The molecule has 1 atom stereocenters. The van der Waals surface area contributed by atoms with E-state index in [1.165, 1.54) is 6.33 Å². The van der Waals surface area contributed by atoms with Gasteiger partial charge >= 0.3 is 11.9 Å². The van der Waals surface area contributed by atoms with E-state index in [0.717, 1.165) is 51.4 Å². The molecule has 14 heteroatoms. The van der Waals surface area contributed by atoms with Crippen molar-refractivity contribution < 1.29 is 28.4 Å². The lowest BCUT2D eigenvalue weighted by Crippen LogP contribution is -2.54. The largest absolute Gasteiger partial charge is 0.464 e. The molecule has 0 aliphatic heterocycles. The fourth-order valence-corrected chi connectivity index (χ4v) is 9.32.